The highest BCUT2D eigenvalue weighted by Gasteiger charge is 2.44. The van der Waals surface area contributed by atoms with E-state index in [1.165, 1.54) is 11.0 Å². The predicted molar refractivity (Wildman–Crippen MR) is 143 cm³/mol. The number of para-hydroxylation sites is 2. The summed E-state index contributed by atoms with van der Waals surface area (Å²) in [6.45, 7) is 7.02. The second-order valence-corrected chi connectivity index (χ2v) is 8.76. The van der Waals surface area contributed by atoms with E-state index in [1.807, 2.05) is 32.0 Å². The minimum Gasteiger partial charge on any atom is -0.463 e. The molecule has 1 aromatic heterocycles. The first-order chi connectivity index (χ1) is 18.2. The molecule has 0 bridgehead atoms. The number of hydrogen-bond donors (Lipinski definition) is 2. The number of aromatic amines is 1. The second-order valence-electron chi connectivity index (χ2n) is 8.76. The van der Waals surface area contributed by atoms with Crippen molar-refractivity contribution in [3.63, 3.8) is 0 Å². The first-order valence-electron chi connectivity index (χ1n) is 12.2. The number of fused-ring (bicyclic) bond motifs is 1. The van der Waals surface area contributed by atoms with Gasteiger partial charge in [0.15, 0.2) is 0 Å². The van der Waals surface area contributed by atoms with E-state index >= 15 is 0 Å². The molecule has 194 valence electrons. The lowest BCUT2D eigenvalue weighted by Crippen LogP contribution is -2.41. The van der Waals surface area contributed by atoms with Crippen molar-refractivity contribution >= 4 is 28.5 Å². The first kappa shape index (κ1) is 26.2. The SMILES string of the molecule is CCOC(=O)C1=C(C(=O)OCC)N(c2c(C)cccc2C)C(N)=C(C#N)C1c1cc(=O)[nH]c2ccccc12. The average molecular weight is 513 g/mol. The Balaban J connectivity index is 2.19. The number of aryl methyl sites for hydroxylation is 2. The normalized spacial score (nSPS) is 15.4. The zero-order valence-electron chi connectivity index (χ0n) is 21.6. The van der Waals surface area contributed by atoms with Gasteiger partial charge in [-0.25, -0.2) is 9.59 Å². The van der Waals surface area contributed by atoms with Gasteiger partial charge in [0.1, 0.15) is 11.5 Å². The molecule has 2 aromatic carbocycles. The summed E-state index contributed by atoms with van der Waals surface area (Å²) >= 11 is 0. The van der Waals surface area contributed by atoms with Crippen LogP contribution in [-0.4, -0.2) is 30.1 Å². The maximum absolute atomic E-state index is 13.7. The Labute approximate surface area is 219 Å². The Kier molecular flexibility index (Phi) is 7.35. The van der Waals surface area contributed by atoms with Crippen LogP contribution in [-0.2, 0) is 19.1 Å². The third-order valence-electron chi connectivity index (χ3n) is 6.41. The third-order valence-corrected chi connectivity index (χ3v) is 6.41. The van der Waals surface area contributed by atoms with Crippen LogP contribution in [0.3, 0.4) is 0 Å². The average Bonchev–Trinajstić information content (AvgIpc) is 2.88. The molecule has 9 heteroatoms. The molecule has 1 aliphatic rings. The van der Waals surface area contributed by atoms with Crippen molar-refractivity contribution in [2.45, 2.75) is 33.6 Å². The second kappa shape index (κ2) is 10.6. The van der Waals surface area contributed by atoms with Crippen molar-refractivity contribution in [3.05, 3.63) is 98.2 Å². The van der Waals surface area contributed by atoms with E-state index in [4.69, 9.17) is 15.2 Å². The van der Waals surface area contributed by atoms with Gasteiger partial charge in [0.2, 0.25) is 5.56 Å². The van der Waals surface area contributed by atoms with Crippen LogP contribution in [0.5, 0.6) is 0 Å². The van der Waals surface area contributed by atoms with Gasteiger partial charge in [0, 0.05) is 17.0 Å². The van der Waals surface area contributed by atoms with Crippen LogP contribution in [0.1, 0.15) is 36.5 Å². The number of hydrogen-bond acceptors (Lipinski definition) is 8. The summed E-state index contributed by atoms with van der Waals surface area (Å²) in [4.78, 5) is 44.1. The molecule has 4 rings (SSSR count). The zero-order chi connectivity index (χ0) is 27.6. The van der Waals surface area contributed by atoms with Crippen LogP contribution in [0.15, 0.2) is 76.0 Å². The van der Waals surface area contributed by atoms with E-state index < -0.39 is 23.4 Å². The molecule has 2 heterocycles. The molecular formula is C29H28N4O5. The van der Waals surface area contributed by atoms with Crippen LogP contribution in [0, 0.1) is 25.2 Å². The number of pyridine rings is 1. The largest absolute Gasteiger partial charge is 0.463 e. The fraction of sp³-hybridized carbons (Fsp3) is 0.241. The number of carbonyl (C=O) groups excluding carboxylic acids is 2. The summed E-state index contributed by atoms with van der Waals surface area (Å²) < 4.78 is 10.8. The lowest BCUT2D eigenvalue weighted by molar-refractivity contribution is -0.142. The van der Waals surface area contributed by atoms with E-state index in [0.717, 1.165) is 11.1 Å². The fourth-order valence-electron chi connectivity index (χ4n) is 4.91. The topological polar surface area (TPSA) is 139 Å². The van der Waals surface area contributed by atoms with Gasteiger partial charge in [-0.3, -0.25) is 9.69 Å². The fourth-order valence-corrected chi connectivity index (χ4v) is 4.91. The van der Waals surface area contributed by atoms with Crippen molar-refractivity contribution in [2.24, 2.45) is 5.73 Å². The van der Waals surface area contributed by atoms with Gasteiger partial charge in [-0.05, 0) is 50.5 Å². The van der Waals surface area contributed by atoms with E-state index in [9.17, 15) is 19.6 Å². The number of benzene rings is 2. The Morgan fingerprint density at radius 3 is 2.29 bits per heavy atom. The number of esters is 2. The molecule has 1 atom stereocenters. The number of nitrogens with zero attached hydrogens (tertiary/aromatic N) is 2. The van der Waals surface area contributed by atoms with Crippen molar-refractivity contribution in [3.8, 4) is 6.07 Å². The number of carbonyl (C=O) groups is 2. The number of rotatable bonds is 6. The van der Waals surface area contributed by atoms with E-state index in [2.05, 4.69) is 11.1 Å². The van der Waals surface area contributed by atoms with Crippen LogP contribution < -0.4 is 16.2 Å². The van der Waals surface area contributed by atoms with Crippen molar-refractivity contribution in [2.75, 3.05) is 18.1 Å². The maximum Gasteiger partial charge on any atom is 0.355 e. The number of H-pyrrole nitrogens is 1. The van der Waals surface area contributed by atoms with Crippen molar-refractivity contribution < 1.29 is 19.1 Å². The number of nitriles is 1. The molecule has 9 nitrogen and oxygen atoms in total. The van der Waals surface area contributed by atoms with Crippen LogP contribution >= 0.6 is 0 Å². The lowest BCUT2D eigenvalue weighted by Gasteiger charge is -2.37. The summed E-state index contributed by atoms with van der Waals surface area (Å²) in [6.07, 6.45) is 0. The highest BCUT2D eigenvalue weighted by atomic mass is 16.5. The van der Waals surface area contributed by atoms with Gasteiger partial charge in [-0.2, -0.15) is 5.26 Å². The van der Waals surface area contributed by atoms with Crippen LogP contribution in [0.4, 0.5) is 5.69 Å². The number of ether oxygens (including phenoxy) is 2. The molecule has 1 aliphatic heterocycles. The predicted octanol–water partition coefficient (Wildman–Crippen LogP) is 3.82. The lowest BCUT2D eigenvalue weighted by atomic mass is 9.79. The van der Waals surface area contributed by atoms with E-state index in [1.54, 1.807) is 38.1 Å². The number of nitrogens with one attached hydrogen (secondary N) is 1. The number of anilines is 1. The van der Waals surface area contributed by atoms with E-state index in [-0.39, 0.29) is 35.9 Å². The minimum atomic E-state index is -1.16. The van der Waals surface area contributed by atoms with Gasteiger partial charge in [0.05, 0.1) is 42.0 Å². The highest BCUT2D eigenvalue weighted by Crippen LogP contribution is 2.45. The Morgan fingerprint density at radius 2 is 1.66 bits per heavy atom. The smallest absolute Gasteiger partial charge is 0.355 e. The van der Waals surface area contributed by atoms with Crippen LogP contribution in [0.2, 0.25) is 0 Å². The van der Waals surface area contributed by atoms with Gasteiger partial charge in [-0.1, -0.05) is 36.4 Å². The van der Waals surface area contributed by atoms with Crippen molar-refractivity contribution in [1.82, 2.24) is 4.98 Å². The Bertz CT molecular complexity index is 1590. The molecular weight excluding hydrogens is 484 g/mol. The number of aromatic nitrogens is 1. The molecule has 0 radical (unpaired) electrons. The summed E-state index contributed by atoms with van der Waals surface area (Å²) in [5.41, 5.74) is 8.85. The highest BCUT2D eigenvalue weighted by molar-refractivity contribution is 6.07. The quantitative estimate of drug-likeness (QED) is 0.475. The van der Waals surface area contributed by atoms with Crippen LogP contribution in [0.25, 0.3) is 10.9 Å². The Hall–Kier alpha value is -4.84. The van der Waals surface area contributed by atoms with E-state index in [0.29, 0.717) is 22.2 Å². The summed E-state index contributed by atoms with van der Waals surface area (Å²) in [7, 11) is 0. The summed E-state index contributed by atoms with van der Waals surface area (Å²) in [6, 6.07) is 16.0. The molecule has 0 fully saturated rings. The molecule has 1 unspecified atom stereocenters. The standard InChI is InChI=1S/C29H28N4O5/c1-5-37-28(35)24-23(19-14-22(34)32-21-13-8-7-12-18(19)21)20(15-30)27(31)33(26(24)29(36)38-6-2)25-16(3)10-9-11-17(25)4/h7-14,23H,5-6,31H2,1-4H3,(H,32,34). The molecule has 0 saturated carbocycles. The molecule has 0 amide bonds. The zero-order valence-corrected chi connectivity index (χ0v) is 21.6. The monoisotopic (exact) mass is 512 g/mol. The number of allylic oxidation sites excluding steroid dienone is 1. The summed E-state index contributed by atoms with van der Waals surface area (Å²) in [5, 5.41) is 11.0. The Morgan fingerprint density at radius 1 is 1.03 bits per heavy atom. The first-order valence-corrected chi connectivity index (χ1v) is 12.2. The van der Waals surface area contributed by atoms with Gasteiger partial charge >= 0.3 is 11.9 Å². The number of nitrogens with two attached hydrogens (primary N) is 1. The van der Waals surface area contributed by atoms with Gasteiger partial charge in [-0.15, -0.1) is 0 Å². The summed E-state index contributed by atoms with van der Waals surface area (Å²) in [5.74, 6) is -2.83. The molecule has 38 heavy (non-hydrogen) atoms. The molecule has 0 saturated heterocycles. The minimum absolute atomic E-state index is 0.000456. The molecule has 3 aromatic rings. The van der Waals surface area contributed by atoms with Crippen molar-refractivity contribution in [1.29, 1.82) is 5.26 Å². The molecule has 0 spiro atoms. The maximum atomic E-state index is 13.7. The van der Waals surface area contributed by atoms with Gasteiger partial charge < -0.3 is 20.2 Å². The molecule has 0 aliphatic carbocycles. The third kappa shape index (κ3) is 4.41. The van der Waals surface area contributed by atoms with Gasteiger partial charge in [0.25, 0.3) is 0 Å². The molecule has 3 N–H and O–H groups in total.